The van der Waals surface area contributed by atoms with Gasteiger partial charge >= 0.3 is 0 Å². The van der Waals surface area contributed by atoms with E-state index in [0.29, 0.717) is 40.8 Å². The Morgan fingerprint density at radius 1 is 0.974 bits per heavy atom. The Kier molecular flexibility index (Phi) is 6.72. The van der Waals surface area contributed by atoms with E-state index in [1.165, 1.54) is 0 Å². The van der Waals surface area contributed by atoms with E-state index in [0.717, 1.165) is 21.9 Å². The zero-order valence-corrected chi connectivity index (χ0v) is 21.9. The molecule has 0 aliphatic carbocycles. The zero-order valence-electron chi connectivity index (χ0n) is 21.9. The van der Waals surface area contributed by atoms with Crippen LogP contribution in [0.4, 0.5) is 15.9 Å². The number of aromatic nitrogens is 4. The predicted octanol–water partition coefficient (Wildman–Crippen LogP) is 5.86. The molecule has 0 spiro atoms. The molecule has 8 heteroatoms. The topological polar surface area (TPSA) is 105 Å². The summed E-state index contributed by atoms with van der Waals surface area (Å²) in [6, 6.07) is 20.6. The van der Waals surface area contributed by atoms with Crippen molar-refractivity contribution in [2.24, 2.45) is 7.05 Å². The SMILES string of the molecule is CCc1cc(OC(C)C)c(F)c(C(c2cc3cc(N)ccc3c(N)n2)c2nc(-c3ccccc3)nn2C)c1. The summed E-state index contributed by atoms with van der Waals surface area (Å²) in [5.41, 5.74) is 15.8. The van der Waals surface area contributed by atoms with Gasteiger partial charge in [-0.05, 0) is 61.5 Å². The molecule has 0 bridgehead atoms. The van der Waals surface area contributed by atoms with Crippen molar-refractivity contribution in [3.05, 3.63) is 95.2 Å². The molecule has 194 valence electrons. The van der Waals surface area contributed by atoms with Gasteiger partial charge in [0.25, 0.3) is 0 Å². The first-order valence-electron chi connectivity index (χ1n) is 12.7. The smallest absolute Gasteiger partial charge is 0.181 e. The molecule has 0 fully saturated rings. The predicted molar refractivity (Wildman–Crippen MR) is 149 cm³/mol. The molecular weight excluding hydrogens is 479 g/mol. The number of nitrogens with two attached hydrogens (primary N) is 2. The Labute approximate surface area is 221 Å². The third-order valence-corrected chi connectivity index (χ3v) is 6.50. The third-order valence-electron chi connectivity index (χ3n) is 6.50. The lowest BCUT2D eigenvalue weighted by atomic mass is 9.90. The molecule has 5 aromatic rings. The van der Waals surface area contributed by atoms with Crippen molar-refractivity contribution in [2.75, 3.05) is 11.5 Å². The minimum absolute atomic E-state index is 0.195. The van der Waals surface area contributed by atoms with Crippen molar-refractivity contribution in [3.8, 4) is 17.1 Å². The van der Waals surface area contributed by atoms with Gasteiger partial charge < -0.3 is 16.2 Å². The van der Waals surface area contributed by atoms with Gasteiger partial charge in [0.1, 0.15) is 11.6 Å². The number of hydrogen-bond acceptors (Lipinski definition) is 6. The number of rotatable bonds is 7. The molecular formula is C30H31FN6O. The van der Waals surface area contributed by atoms with Gasteiger partial charge in [-0.15, -0.1) is 0 Å². The summed E-state index contributed by atoms with van der Waals surface area (Å²) >= 11 is 0. The van der Waals surface area contributed by atoms with Gasteiger partial charge in [0, 0.05) is 29.2 Å². The number of halogens is 1. The maximum atomic E-state index is 16.2. The van der Waals surface area contributed by atoms with Gasteiger partial charge in [0.05, 0.1) is 17.7 Å². The highest BCUT2D eigenvalue weighted by atomic mass is 19.1. The number of nitrogens with zero attached hydrogens (tertiary/aromatic N) is 4. The number of aryl methyl sites for hydroxylation is 2. The molecule has 38 heavy (non-hydrogen) atoms. The van der Waals surface area contributed by atoms with E-state index in [1.807, 2.05) is 75.4 Å². The minimum atomic E-state index is -0.709. The van der Waals surface area contributed by atoms with Crippen molar-refractivity contribution < 1.29 is 9.13 Å². The van der Waals surface area contributed by atoms with Crippen LogP contribution in [0.2, 0.25) is 0 Å². The first kappa shape index (κ1) is 25.2. The Bertz CT molecular complexity index is 1610. The monoisotopic (exact) mass is 510 g/mol. The van der Waals surface area contributed by atoms with E-state index in [9.17, 15) is 0 Å². The van der Waals surface area contributed by atoms with Crippen LogP contribution >= 0.6 is 0 Å². The molecule has 0 radical (unpaired) electrons. The first-order chi connectivity index (χ1) is 18.2. The average molecular weight is 511 g/mol. The number of ether oxygens (including phenoxy) is 1. The van der Waals surface area contributed by atoms with Crippen LogP contribution < -0.4 is 16.2 Å². The summed E-state index contributed by atoms with van der Waals surface area (Å²) in [5.74, 6) is 0.428. The lowest BCUT2D eigenvalue weighted by Gasteiger charge is -2.21. The standard InChI is InChI=1S/C30H31FN6O/c1-5-18-13-23(27(31)25(14-18)38-17(2)3)26(24-16-20-15-21(32)11-12-22(20)28(33)34-24)30-35-29(36-37(30)4)19-9-7-6-8-10-19/h6-17,26H,5,32H2,1-4H3,(H2,33,34). The van der Waals surface area contributed by atoms with Crippen LogP contribution in [0.15, 0.2) is 66.7 Å². The van der Waals surface area contributed by atoms with Crippen molar-refractivity contribution in [1.29, 1.82) is 0 Å². The number of nitrogen functional groups attached to an aromatic ring is 2. The molecule has 0 aliphatic heterocycles. The second-order valence-corrected chi connectivity index (χ2v) is 9.65. The summed E-state index contributed by atoms with van der Waals surface area (Å²) < 4.78 is 23.8. The van der Waals surface area contributed by atoms with Gasteiger partial charge in [0.2, 0.25) is 0 Å². The van der Waals surface area contributed by atoms with Crippen molar-refractivity contribution >= 4 is 22.3 Å². The Balaban J connectivity index is 1.79. The highest BCUT2D eigenvalue weighted by molar-refractivity contribution is 5.93. The minimum Gasteiger partial charge on any atom is -0.488 e. The second-order valence-electron chi connectivity index (χ2n) is 9.65. The summed E-state index contributed by atoms with van der Waals surface area (Å²) in [4.78, 5) is 9.63. The molecule has 1 unspecified atom stereocenters. The van der Waals surface area contributed by atoms with Crippen molar-refractivity contribution in [3.63, 3.8) is 0 Å². The Hall–Kier alpha value is -4.46. The molecule has 5 rings (SSSR count). The normalized spacial score (nSPS) is 12.3. The van der Waals surface area contributed by atoms with Gasteiger partial charge in [0.15, 0.2) is 17.4 Å². The Morgan fingerprint density at radius 2 is 1.74 bits per heavy atom. The first-order valence-corrected chi connectivity index (χ1v) is 12.7. The summed E-state index contributed by atoms with van der Waals surface area (Å²) in [6.07, 6.45) is 0.506. The summed E-state index contributed by atoms with van der Waals surface area (Å²) in [7, 11) is 1.80. The van der Waals surface area contributed by atoms with E-state index < -0.39 is 11.7 Å². The van der Waals surface area contributed by atoms with E-state index in [-0.39, 0.29) is 11.9 Å². The maximum Gasteiger partial charge on any atom is 0.181 e. The number of fused-ring (bicyclic) bond motifs is 1. The Morgan fingerprint density at radius 3 is 2.45 bits per heavy atom. The number of hydrogen-bond donors (Lipinski definition) is 2. The molecule has 3 aromatic carbocycles. The molecule has 4 N–H and O–H groups in total. The number of benzene rings is 3. The van der Waals surface area contributed by atoms with Crippen LogP contribution in [0, 0.1) is 5.82 Å². The van der Waals surface area contributed by atoms with E-state index >= 15 is 4.39 Å². The molecule has 7 nitrogen and oxygen atoms in total. The fraction of sp³-hybridized carbons (Fsp3) is 0.233. The van der Waals surface area contributed by atoms with Gasteiger partial charge in [-0.25, -0.2) is 14.4 Å². The molecule has 2 heterocycles. The summed E-state index contributed by atoms with van der Waals surface area (Å²) in [6.45, 7) is 5.77. The van der Waals surface area contributed by atoms with E-state index in [1.54, 1.807) is 23.9 Å². The zero-order chi connectivity index (χ0) is 27.0. The van der Waals surface area contributed by atoms with Gasteiger partial charge in [-0.1, -0.05) is 43.3 Å². The number of anilines is 2. The van der Waals surface area contributed by atoms with Gasteiger partial charge in [-0.2, -0.15) is 5.10 Å². The summed E-state index contributed by atoms with van der Waals surface area (Å²) in [5, 5.41) is 6.26. The quantitative estimate of drug-likeness (QED) is 0.266. The van der Waals surface area contributed by atoms with Crippen molar-refractivity contribution in [1.82, 2.24) is 19.7 Å². The maximum absolute atomic E-state index is 16.2. The molecule has 0 saturated heterocycles. The lowest BCUT2D eigenvalue weighted by molar-refractivity contribution is 0.230. The van der Waals surface area contributed by atoms with E-state index in [4.69, 9.17) is 26.2 Å². The molecule has 0 aliphatic rings. The van der Waals surface area contributed by atoms with Crippen LogP contribution in [0.5, 0.6) is 5.75 Å². The van der Waals surface area contributed by atoms with Crippen LogP contribution in [-0.4, -0.2) is 25.9 Å². The fourth-order valence-corrected chi connectivity index (χ4v) is 4.69. The molecule has 2 aromatic heterocycles. The van der Waals surface area contributed by atoms with Crippen LogP contribution in [0.1, 0.15) is 49.3 Å². The molecule has 0 saturated carbocycles. The van der Waals surface area contributed by atoms with Crippen molar-refractivity contribution in [2.45, 2.75) is 39.2 Å². The average Bonchev–Trinajstić information content (AvgIpc) is 3.27. The molecule has 0 amide bonds. The largest absolute Gasteiger partial charge is 0.488 e. The lowest BCUT2D eigenvalue weighted by Crippen LogP contribution is -2.16. The van der Waals surface area contributed by atoms with Crippen LogP contribution in [0.25, 0.3) is 22.2 Å². The highest BCUT2D eigenvalue weighted by Crippen LogP contribution is 2.38. The van der Waals surface area contributed by atoms with E-state index in [2.05, 4.69) is 5.10 Å². The number of pyridine rings is 1. The van der Waals surface area contributed by atoms with Gasteiger partial charge in [-0.3, -0.25) is 4.68 Å². The third kappa shape index (κ3) is 4.77. The highest BCUT2D eigenvalue weighted by Gasteiger charge is 2.30. The van der Waals surface area contributed by atoms with Crippen LogP contribution in [0.3, 0.4) is 0 Å². The fourth-order valence-electron chi connectivity index (χ4n) is 4.69. The second kappa shape index (κ2) is 10.1. The van der Waals surface area contributed by atoms with Crippen LogP contribution in [-0.2, 0) is 13.5 Å². The molecule has 1 atom stereocenters.